The molecule has 0 aliphatic heterocycles. The third-order valence-corrected chi connectivity index (χ3v) is 1.68. The zero-order valence-electron chi connectivity index (χ0n) is 7.53. The molecule has 0 aliphatic carbocycles. The van der Waals surface area contributed by atoms with Crippen molar-refractivity contribution in [2.24, 2.45) is 11.5 Å². The molecule has 0 saturated heterocycles. The van der Waals surface area contributed by atoms with Crippen LogP contribution in [0.5, 0.6) is 0 Å². The van der Waals surface area contributed by atoms with Crippen LogP contribution >= 0.6 is 0 Å². The third kappa shape index (κ3) is 2.79. The average Bonchev–Trinajstić information content (AvgIpc) is 2.16. The van der Waals surface area contributed by atoms with Crippen LogP contribution in [0, 0.1) is 5.82 Å². The molecule has 1 amide bonds. The lowest BCUT2D eigenvalue weighted by Crippen LogP contribution is -2.41. The summed E-state index contributed by atoms with van der Waals surface area (Å²) in [5.41, 5.74) is 10.9. The smallest absolute Gasteiger partial charge is 0.242 e. The zero-order chi connectivity index (χ0) is 10.6. The van der Waals surface area contributed by atoms with Gasteiger partial charge in [0.05, 0.1) is 6.04 Å². The van der Waals surface area contributed by atoms with Crippen molar-refractivity contribution >= 4 is 11.6 Å². The molecular formula is C9H12FN3O. The number of anilines is 1. The van der Waals surface area contributed by atoms with Gasteiger partial charge in [0.1, 0.15) is 5.82 Å². The predicted octanol–water partition coefficient (Wildman–Crippen LogP) is 0.0502. The second-order valence-corrected chi connectivity index (χ2v) is 2.84. The second-order valence-electron chi connectivity index (χ2n) is 2.84. The largest absolute Gasteiger partial charge is 0.328 e. The molecule has 1 atom stereocenters. The molecule has 0 aromatic heterocycles. The van der Waals surface area contributed by atoms with Gasteiger partial charge in [-0.2, -0.15) is 0 Å². The zero-order valence-corrected chi connectivity index (χ0v) is 7.53. The van der Waals surface area contributed by atoms with Crippen molar-refractivity contribution in [2.45, 2.75) is 6.04 Å². The highest BCUT2D eigenvalue weighted by atomic mass is 19.1. The molecule has 0 bridgehead atoms. The van der Waals surface area contributed by atoms with Crippen LogP contribution in [0.1, 0.15) is 0 Å². The molecule has 0 fully saturated rings. The van der Waals surface area contributed by atoms with E-state index >= 15 is 0 Å². The first-order valence-electron chi connectivity index (χ1n) is 4.15. The van der Waals surface area contributed by atoms with E-state index in [2.05, 4.69) is 5.32 Å². The SMILES string of the molecule is NC[C@@H](N)C(=O)Nc1cccc(F)c1. The number of benzene rings is 1. The van der Waals surface area contributed by atoms with Gasteiger partial charge in [-0.3, -0.25) is 4.79 Å². The maximum Gasteiger partial charge on any atom is 0.242 e. The fourth-order valence-electron chi connectivity index (χ4n) is 0.908. The van der Waals surface area contributed by atoms with Crippen LogP contribution in [0.25, 0.3) is 0 Å². The Morgan fingerprint density at radius 3 is 2.86 bits per heavy atom. The van der Waals surface area contributed by atoms with Crippen LogP contribution in [-0.4, -0.2) is 18.5 Å². The Balaban J connectivity index is 2.65. The van der Waals surface area contributed by atoms with Crippen molar-refractivity contribution in [1.29, 1.82) is 0 Å². The number of nitrogens with one attached hydrogen (secondary N) is 1. The van der Waals surface area contributed by atoms with E-state index in [-0.39, 0.29) is 6.54 Å². The van der Waals surface area contributed by atoms with Gasteiger partial charge in [-0.25, -0.2) is 4.39 Å². The van der Waals surface area contributed by atoms with Gasteiger partial charge in [0.15, 0.2) is 0 Å². The number of rotatable bonds is 3. The topological polar surface area (TPSA) is 81.1 Å². The Hall–Kier alpha value is -1.46. The first-order chi connectivity index (χ1) is 6.63. The van der Waals surface area contributed by atoms with Crippen molar-refractivity contribution in [1.82, 2.24) is 0 Å². The van der Waals surface area contributed by atoms with E-state index in [1.807, 2.05) is 0 Å². The maximum atomic E-state index is 12.7. The highest BCUT2D eigenvalue weighted by Crippen LogP contribution is 2.08. The van der Waals surface area contributed by atoms with Crippen molar-refractivity contribution in [3.05, 3.63) is 30.1 Å². The van der Waals surface area contributed by atoms with Gasteiger partial charge in [0.25, 0.3) is 0 Å². The van der Waals surface area contributed by atoms with Gasteiger partial charge in [-0.05, 0) is 18.2 Å². The highest BCUT2D eigenvalue weighted by Gasteiger charge is 2.10. The van der Waals surface area contributed by atoms with Crippen LogP contribution in [0.2, 0.25) is 0 Å². The van der Waals surface area contributed by atoms with Gasteiger partial charge in [0.2, 0.25) is 5.91 Å². The molecule has 4 nitrogen and oxygen atoms in total. The molecule has 5 N–H and O–H groups in total. The summed E-state index contributed by atoms with van der Waals surface area (Å²) in [6, 6.07) is 4.81. The van der Waals surface area contributed by atoms with E-state index < -0.39 is 17.8 Å². The van der Waals surface area contributed by atoms with Crippen LogP contribution in [-0.2, 0) is 4.79 Å². The van der Waals surface area contributed by atoms with E-state index in [1.54, 1.807) is 6.07 Å². The molecule has 1 rings (SSSR count). The summed E-state index contributed by atoms with van der Waals surface area (Å²) in [7, 11) is 0. The van der Waals surface area contributed by atoms with E-state index in [9.17, 15) is 9.18 Å². The highest BCUT2D eigenvalue weighted by molar-refractivity contribution is 5.94. The van der Waals surface area contributed by atoms with Crippen LogP contribution < -0.4 is 16.8 Å². The molecule has 14 heavy (non-hydrogen) atoms. The quantitative estimate of drug-likeness (QED) is 0.640. The standard InChI is InChI=1S/C9H12FN3O/c10-6-2-1-3-7(4-6)13-9(14)8(12)5-11/h1-4,8H,5,11-12H2,(H,13,14)/t8-/m1/s1. The van der Waals surface area contributed by atoms with Crippen molar-refractivity contribution in [2.75, 3.05) is 11.9 Å². The first-order valence-corrected chi connectivity index (χ1v) is 4.15. The van der Waals surface area contributed by atoms with Crippen LogP contribution in [0.3, 0.4) is 0 Å². The molecule has 0 radical (unpaired) electrons. The summed E-state index contributed by atoms with van der Waals surface area (Å²) >= 11 is 0. The number of halogens is 1. The molecule has 1 aromatic carbocycles. The number of hydrogen-bond donors (Lipinski definition) is 3. The Morgan fingerprint density at radius 2 is 2.29 bits per heavy atom. The van der Waals surface area contributed by atoms with Gasteiger partial charge >= 0.3 is 0 Å². The Bertz CT molecular complexity index is 330. The van der Waals surface area contributed by atoms with Gasteiger partial charge in [0, 0.05) is 12.2 Å². The Kier molecular flexibility index (Phi) is 3.55. The van der Waals surface area contributed by atoms with E-state index in [0.717, 1.165) is 0 Å². The summed E-state index contributed by atoms with van der Waals surface area (Å²) in [5, 5.41) is 2.45. The summed E-state index contributed by atoms with van der Waals surface area (Å²) in [6.07, 6.45) is 0. The van der Waals surface area contributed by atoms with E-state index in [0.29, 0.717) is 5.69 Å². The van der Waals surface area contributed by atoms with Crippen molar-refractivity contribution in [3.63, 3.8) is 0 Å². The first kappa shape index (κ1) is 10.6. The molecule has 0 unspecified atom stereocenters. The number of nitrogens with two attached hydrogens (primary N) is 2. The fourth-order valence-corrected chi connectivity index (χ4v) is 0.908. The summed E-state index contributed by atoms with van der Waals surface area (Å²) in [5.74, 6) is -0.831. The Morgan fingerprint density at radius 1 is 1.57 bits per heavy atom. The van der Waals surface area contributed by atoms with Crippen LogP contribution in [0.15, 0.2) is 24.3 Å². The minimum absolute atomic E-state index is 0.0567. The van der Waals surface area contributed by atoms with Crippen LogP contribution in [0.4, 0.5) is 10.1 Å². The molecular weight excluding hydrogens is 185 g/mol. The second kappa shape index (κ2) is 4.69. The summed E-state index contributed by atoms with van der Waals surface area (Å²) in [4.78, 5) is 11.2. The molecule has 0 saturated carbocycles. The summed E-state index contributed by atoms with van der Waals surface area (Å²) in [6.45, 7) is 0.0567. The average molecular weight is 197 g/mol. The minimum Gasteiger partial charge on any atom is -0.328 e. The monoisotopic (exact) mass is 197 g/mol. The number of hydrogen-bond acceptors (Lipinski definition) is 3. The molecule has 0 aliphatic rings. The number of carbonyl (C=O) groups excluding carboxylic acids is 1. The molecule has 0 heterocycles. The lowest BCUT2D eigenvalue weighted by Gasteiger charge is -2.09. The van der Waals surface area contributed by atoms with Crippen molar-refractivity contribution < 1.29 is 9.18 Å². The third-order valence-electron chi connectivity index (χ3n) is 1.68. The predicted molar refractivity (Wildman–Crippen MR) is 52.1 cm³/mol. The van der Waals surface area contributed by atoms with Crippen molar-refractivity contribution in [3.8, 4) is 0 Å². The molecule has 5 heteroatoms. The molecule has 76 valence electrons. The molecule has 1 aromatic rings. The van der Waals surface area contributed by atoms with Gasteiger partial charge < -0.3 is 16.8 Å². The normalized spacial score (nSPS) is 12.2. The lowest BCUT2D eigenvalue weighted by molar-refractivity contribution is -0.117. The number of amides is 1. The van der Waals surface area contributed by atoms with E-state index in [4.69, 9.17) is 11.5 Å². The lowest BCUT2D eigenvalue weighted by atomic mass is 10.2. The fraction of sp³-hybridized carbons (Fsp3) is 0.222. The minimum atomic E-state index is -0.765. The Labute approximate surface area is 81.1 Å². The molecule has 0 spiro atoms. The maximum absolute atomic E-state index is 12.7. The number of carbonyl (C=O) groups is 1. The van der Waals surface area contributed by atoms with Gasteiger partial charge in [-0.1, -0.05) is 6.07 Å². The van der Waals surface area contributed by atoms with Gasteiger partial charge in [-0.15, -0.1) is 0 Å². The van der Waals surface area contributed by atoms with E-state index in [1.165, 1.54) is 18.2 Å². The summed E-state index contributed by atoms with van der Waals surface area (Å²) < 4.78 is 12.7.